The Morgan fingerprint density at radius 3 is 2.81 bits per heavy atom. The molecule has 2 heterocycles. The van der Waals surface area contributed by atoms with E-state index in [1.807, 2.05) is 18.2 Å². The lowest BCUT2D eigenvalue weighted by Crippen LogP contribution is -1.84. The van der Waals surface area contributed by atoms with Crippen LogP contribution in [0.15, 0.2) is 22.7 Å². The highest BCUT2D eigenvalue weighted by Gasteiger charge is 2.11. The third-order valence-electron chi connectivity index (χ3n) is 2.34. The summed E-state index contributed by atoms with van der Waals surface area (Å²) >= 11 is 15.2. The van der Waals surface area contributed by atoms with Crippen molar-refractivity contribution in [3.63, 3.8) is 0 Å². The van der Waals surface area contributed by atoms with Crippen LogP contribution in [0.2, 0.25) is 10.4 Å². The maximum Gasteiger partial charge on any atom is 0.225 e. The monoisotopic (exact) mass is 315 g/mol. The molecule has 2 aromatic heterocycles. The van der Waals surface area contributed by atoms with E-state index in [2.05, 4.69) is 30.9 Å². The molecule has 0 saturated heterocycles. The molecule has 0 unspecified atom stereocenters. The van der Waals surface area contributed by atoms with Crippen LogP contribution in [0.1, 0.15) is 0 Å². The first-order chi connectivity index (χ1) is 7.65. The Morgan fingerprint density at radius 2 is 2.00 bits per heavy atom. The summed E-state index contributed by atoms with van der Waals surface area (Å²) in [4.78, 5) is 11.2. The summed E-state index contributed by atoms with van der Waals surface area (Å²) in [6, 6.07) is 5.86. The quantitative estimate of drug-likeness (QED) is 0.499. The Balaban J connectivity index is 2.57. The normalized spacial score (nSPS) is 11.4. The second-order valence-corrected chi connectivity index (χ2v) is 4.93. The number of H-pyrrole nitrogens is 1. The second-order valence-electron chi connectivity index (χ2n) is 3.32. The highest BCUT2D eigenvalue weighted by Crippen LogP contribution is 2.31. The van der Waals surface area contributed by atoms with Gasteiger partial charge in [0.2, 0.25) is 5.28 Å². The van der Waals surface area contributed by atoms with Crippen LogP contribution in [0.25, 0.3) is 21.9 Å². The average molecular weight is 317 g/mol. The third kappa shape index (κ3) is 1.49. The van der Waals surface area contributed by atoms with Crippen LogP contribution in [-0.4, -0.2) is 15.0 Å². The van der Waals surface area contributed by atoms with E-state index < -0.39 is 0 Å². The van der Waals surface area contributed by atoms with Crippen molar-refractivity contribution in [2.75, 3.05) is 0 Å². The molecule has 1 aromatic carbocycles. The fourth-order valence-corrected chi connectivity index (χ4v) is 2.54. The number of rotatable bonds is 0. The molecular formula is C10H4BrCl2N3. The lowest BCUT2D eigenvalue weighted by molar-refractivity contribution is 1.21. The summed E-state index contributed by atoms with van der Waals surface area (Å²) in [6.07, 6.45) is 0. The van der Waals surface area contributed by atoms with Crippen molar-refractivity contribution in [3.8, 4) is 0 Å². The topological polar surface area (TPSA) is 41.6 Å². The Kier molecular flexibility index (Phi) is 2.31. The number of nitrogens with one attached hydrogen (secondary N) is 1. The molecule has 0 amide bonds. The van der Waals surface area contributed by atoms with Gasteiger partial charge in [-0.2, -0.15) is 4.98 Å². The van der Waals surface area contributed by atoms with Gasteiger partial charge < -0.3 is 4.98 Å². The second kappa shape index (κ2) is 3.58. The minimum Gasteiger partial charge on any atom is -0.339 e. The van der Waals surface area contributed by atoms with Crippen LogP contribution in [0.3, 0.4) is 0 Å². The first-order valence-electron chi connectivity index (χ1n) is 4.45. The number of nitrogens with zero attached hydrogens (tertiary/aromatic N) is 2. The van der Waals surface area contributed by atoms with E-state index in [0.717, 1.165) is 20.8 Å². The van der Waals surface area contributed by atoms with Gasteiger partial charge in [0.15, 0.2) is 0 Å². The van der Waals surface area contributed by atoms with Crippen LogP contribution in [0.4, 0.5) is 0 Å². The van der Waals surface area contributed by atoms with E-state index in [4.69, 9.17) is 23.2 Å². The number of benzene rings is 1. The van der Waals surface area contributed by atoms with Crippen molar-refractivity contribution in [2.45, 2.75) is 0 Å². The molecule has 3 rings (SSSR count). The van der Waals surface area contributed by atoms with E-state index in [-0.39, 0.29) is 5.28 Å². The number of aromatic amines is 1. The predicted octanol–water partition coefficient (Wildman–Crippen LogP) is 4.18. The number of hydrogen-bond acceptors (Lipinski definition) is 2. The minimum absolute atomic E-state index is 0.142. The Labute approximate surface area is 109 Å². The Bertz CT molecular complexity index is 708. The molecular weight excluding hydrogens is 313 g/mol. The van der Waals surface area contributed by atoms with E-state index >= 15 is 0 Å². The maximum absolute atomic E-state index is 6.06. The molecule has 16 heavy (non-hydrogen) atoms. The van der Waals surface area contributed by atoms with E-state index in [1.54, 1.807) is 0 Å². The van der Waals surface area contributed by atoms with Crippen molar-refractivity contribution in [1.82, 2.24) is 15.0 Å². The smallest absolute Gasteiger partial charge is 0.225 e. The van der Waals surface area contributed by atoms with Crippen LogP contribution < -0.4 is 0 Å². The molecule has 0 spiro atoms. The molecule has 3 nitrogen and oxygen atoms in total. The van der Waals surface area contributed by atoms with Crippen LogP contribution in [0.5, 0.6) is 0 Å². The van der Waals surface area contributed by atoms with Gasteiger partial charge in [-0.25, -0.2) is 4.98 Å². The SMILES string of the molecule is Clc1nc(Cl)c2c(n1)[nH]c1ccc(Br)cc12. The molecule has 0 aliphatic heterocycles. The van der Waals surface area contributed by atoms with Crippen LogP contribution >= 0.6 is 39.1 Å². The summed E-state index contributed by atoms with van der Waals surface area (Å²) in [6.45, 7) is 0. The van der Waals surface area contributed by atoms with Crippen molar-refractivity contribution in [1.29, 1.82) is 0 Å². The Morgan fingerprint density at radius 1 is 1.19 bits per heavy atom. The van der Waals surface area contributed by atoms with Gasteiger partial charge in [-0.15, -0.1) is 0 Å². The molecule has 0 bridgehead atoms. The summed E-state index contributed by atoms with van der Waals surface area (Å²) < 4.78 is 0.979. The zero-order valence-corrected chi connectivity index (χ0v) is 10.9. The molecule has 3 aromatic rings. The van der Waals surface area contributed by atoms with Crippen molar-refractivity contribution < 1.29 is 0 Å². The molecule has 6 heteroatoms. The summed E-state index contributed by atoms with van der Waals surface area (Å²) in [7, 11) is 0. The highest BCUT2D eigenvalue weighted by molar-refractivity contribution is 9.10. The molecule has 1 N–H and O–H groups in total. The third-order valence-corrected chi connectivity index (χ3v) is 3.28. The predicted molar refractivity (Wildman–Crippen MR) is 69.1 cm³/mol. The van der Waals surface area contributed by atoms with Crippen molar-refractivity contribution in [3.05, 3.63) is 33.1 Å². The van der Waals surface area contributed by atoms with Gasteiger partial charge >= 0.3 is 0 Å². The first kappa shape index (κ1) is 10.3. The van der Waals surface area contributed by atoms with Gasteiger partial charge in [-0.3, -0.25) is 0 Å². The number of halogens is 3. The molecule has 0 radical (unpaired) electrons. The zero-order valence-electron chi connectivity index (χ0n) is 7.76. The first-order valence-corrected chi connectivity index (χ1v) is 6.00. The summed E-state index contributed by atoms with van der Waals surface area (Å²) in [5.74, 6) is 0. The maximum atomic E-state index is 6.06. The lowest BCUT2D eigenvalue weighted by Gasteiger charge is -1.95. The zero-order chi connectivity index (χ0) is 11.3. The molecule has 0 aliphatic carbocycles. The largest absolute Gasteiger partial charge is 0.339 e. The Hall–Kier alpha value is -0.840. The fourth-order valence-electron chi connectivity index (χ4n) is 1.70. The van der Waals surface area contributed by atoms with Crippen molar-refractivity contribution in [2.24, 2.45) is 0 Å². The van der Waals surface area contributed by atoms with Crippen LogP contribution in [-0.2, 0) is 0 Å². The molecule has 0 saturated carbocycles. The van der Waals surface area contributed by atoms with E-state index in [1.165, 1.54) is 0 Å². The van der Waals surface area contributed by atoms with Gasteiger partial charge in [0.1, 0.15) is 10.8 Å². The number of aromatic nitrogens is 3. The average Bonchev–Trinajstić information content (AvgIpc) is 2.54. The van der Waals surface area contributed by atoms with Gasteiger partial charge in [0.05, 0.1) is 5.39 Å². The standard InChI is InChI=1S/C10H4BrCl2N3/c11-4-1-2-6-5(3-4)7-8(12)15-10(13)16-9(7)14-6/h1-3H,(H,14,15,16). The molecule has 0 atom stereocenters. The van der Waals surface area contributed by atoms with Gasteiger partial charge in [0.25, 0.3) is 0 Å². The van der Waals surface area contributed by atoms with E-state index in [0.29, 0.717) is 10.8 Å². The van der Waals surface area contributed by atoms with Gasteiger partial charge in [-0.05, 0) is 29.8 Å². The minimum atomic E-state index is 0.142. The summed E-state index contributed by atoms with van der Waals surface area (Å²) in [5.41, 5.74) is 1.61. The lowest BCUT2D eigenvalue weighted by atomic mass is 10.2. The molecule has 0 fully saturated rings. The molecule has 80 valence electrons. The highest BCUT2D eigenvalue weighted by atomic mass is 79.9. The number of hydrogen-bond donors (Lipinski definition) is 1. The van der Waals surface area contributed by atoms with E-state index in [9.17, 15) is 0 Å². The van der Waals surface area contributed by atoms with Crippen molar-refractivity contribution >= 4 is 61.1 Å². The van der Waals surface area contributed by atoms with Crippen LogP contribution in [0, 0.1) is 0 Å². The number of fused-ring (bicyclic) bond motifs is 3. The van der Waals surface area contributed by atoms with Gasteiger partial charge in [-0.1, -0.05) is 27.5 Å². The molecule has 0 aliphatic rings. The fraction of sp³-hybridized carbons (Fsp3) is 0. The summed E-state index contributed by atoms with van der Waals surface area (Å²) in [5, 5.41) is 2.27. The van der Waals surface area contributed by atoms with Gasteiger partial charge in [0, 0.05) is 15.4 Å².